The van der Waals surface area contributed by atoms with Gasteiger partial charge >= 0.3 is 0 Å². The Morgan fingerprint density at radius 3 is 3.29 bits per heavy atom. The average molecular weight is 236 g/mol. The highest BCUT2D eigenvalue weighted by Crippen LogP contribution is 2.14. The molecule has 2 N–H and O–H groups in total. The quantitative estimate of drug-likeness (QED) is 0.815. The fourth-order valence-corrected chi connectivity index (χ4v) is 2.29. The van der Waals surface area contributed by atoms with E-state index in [1.165, 1.54) is 12.8 Å². The largest absolute Gasteiger partial charge is 0.349 e. The zero-order valence-corrected chi connectivity index (χ0v) is 10.3. The smallest absolute Gasteiger partial charge is 0.269 e. The number of carbonyl (C=O) groups excluding carboxylic acids is 1. The molecule has 2 heterocycles. The van der Waals surface area contributed by atoms with Crippen LogP contribution in [-0.4, -0.2) is 47.2 Å². The molecule has 1 unspecified atom stereocenters. The number of hydrogen-bond acceptors (Lipinski definition) is 3. The topological polar surface area (TPSA) is 61.0 Å². The second-order valence-electron chi connectivity index (χ2n) is 4.77. The van der Waals surface area contributed by atoms with Crippen molar-refractivity contribution in [2.45, 2.75) is 19.8 Å². The first-order valence-corrected chi connectivity index (χ1v) is 6.25. The molecule has 0 saturated carbocycles. The molecule has 0 radical (unpaired) electrons. The van der Waals surface area contributed by atoms with E-state index in [4.69, 9.17) is 0 Å². The average Bonchev–Trinajstić information content (AvgIpc) is 2.82. The van der Waals surface area contributed by atoms with E-state index >= 15 is 0 Å². The molecule has 0 spiro atoms. The summed E-state index contributed by atoms with van der Waals surface area (Å²) in [7, 11) is 0. The van der Waals surface area contributed by atoms with Gasteiger partial charge in [-0.3, -0.25) is 9.89 Å². The Labute approximate surface area is 102 Å². The van der Waals surface area contributed by atoms with Gasteiger partial charge in [-0.15, -0.1) is 0 Å². The predicted molar refractivity (Wildman–Crippen MR) is 65.8 cm³/mol. The Balaban J connectivity index is 1.67. The fourth-order valence-electron chi connectivity index (χ4n) is 2.29. The van der Waals surface area contributed by atoms with Gasteiger partial charge in [0.1, 0.15) is 5.69 Å². The SMILES string of the molecule is CC1CCCN(CCNC(=O)c2ccn[nH]2)C1. The van der Waals surface area contributed by atoms with Gasteiger partial charge in [0, 0.05) is 25.8 Å². The van der Waals surface area contributed by atoms with Gasteiger partial charge in [-0.1, -0.05) is 6.92 Å². The molecule has 1 amide bonds. The van der Waals surface area contributed by atoms with E-state index in [2.05, 4.69) is 27.3 Å². The van der Waals surface area contributed by atoms with Crippen LogP contribution in [0.1, 0.15) is 30.3 Å². The lowest BCUT2D eigenvalue weighted by Gasteiger charge is -2.30. The second kappa shape index (κ2) is 5.82. The molecule has 17 heavy (non-hydrogen) atoms. The molecule has 2 rings (SSSR count). The van der Waals surface area contributed by atoms with Crippen LogP contribution in [0.5, 0.6) is 0 Å². The molecular weight excluding hydrogens is 216 g/mol. The van der Waals surface area contributed by atoms with E-state index < -0.39 is 0 Å². The lowest BCUT2D eigenvalue weighted by Crippen LogP contribution is -2.40. The first-order valence-electron chi connectivity index (χ1n) is 6.25. The molecule has 5 nitrogen and oxygen atoms in total. The lowest BCUT2D eigenvalue weighted by molar-refractivity contribution is 0.0939. The number of aromatic amines is 1. The number of amides is 1. The Morgan fingerprint density at radius 2 is 2.59 bits per heavy atom. The van der Waals surface area contributed by atoms with Crippen molar-refractivity contribution in [3.8, 4) is 0 Å². The molecule has 1 saturated heterocycles. The molecule has 1 aliphatic heterocycles. The highest BCUT2D eigenvalue weighted by molar-refractivity contribution is 5.92. The molecular formula is C12H20N4O. The molecule has 1 aromatic rings. The Kier molecular flexibility index (Phi) is 4.14. The van der Waals surface area contributed by atoms with Crippen LogP contribution in [0.3, 0.4) is 0 Å². The Bertz CT molecular complexity index is 349. The molecule has 1 atom stereocenters. The van der Waals surface area contributed by atoms with Crippen molar-refractivity contribution in [2.75, 3.05) is 26.2 Å². The highest BCUT2D eigenvalue weighted by Gasteiger charge is 2.15. The molecule has 1 aliphatic rings. The van der Waals surface area contributed by atoms with Gasteiger partial charge in [-0.2, -0.15) is 5.10 Å². The maximum absolute atomic E-state index is 11.6. The van der Waals surface area contributed by atoms with E-state index in [-0.39, 0.29) is 5.91 Å². The van der Waals surface area contributed by atoms with Gasteiger partial charge < -0.3 is 10.2 Å². The second-order valence-corrected chi connectivity index (χ2v) is 4.77. The minimum atomic E-state index is -0.0763. The molecule has 0 aliphatic carbocycles. The van der Waals surface area contributed by atoms with Crippen molar-refractivity contribution in [2.24, 2.45) is 5.92 Å². The number of hydrogen-bond donors (Lipinski definition) is 2. The zero-order chi connectivity index (χ0) is 12.1. The van der Waals surface area contributed by atoms with Crippen molar-refractivity contribution in [3.63, 3.8) is 0 Å². The van der Waals surface area contributed by atoms with Crippen LogP contribution in [-0.2, 0) is 0 Å². The predicted octanol–water partition coefficient (Wildman–Crippen LogP) is 0.871. The summed E-state index contributed by atoms with van der Waals surface area (Å²) in [6, 6.07) is 1.68. The van der Waals surface area contributed by atoms with Crippen molar-refractivity contribution in [3.05, 3.63) is 18.0 Å². The van der Waals surface area contributed by atoms with Crippen LogP contribution in [0, 0.1) is 5.92 Å². The van der Waals surface area contributed by atoms with Crippen molar-refractivity contribution in [1.29, 1.82) is 0 Å². The lowest BCUT2D eigenvalue weighted by atomic mass is 10.0. The third-order valence-corrected chi connectivity index (χ3v) is 3.20. The number of aromatic nitrogens is 2. The number of nitrogens with zero attached hydrogens (tertiary/aromatic N) is 2. The summed E-state index contributed by atoms with van der Waals surface area (Å²) in [5.74, 6) is 0.708. The highest BCUT2D eigenvalue weighted by atomic mass is 16.1. The molecule has 0 bridgehead atoms. The fraction of sp³-hybridized carbons (Fsp3) is 0.667. The number of piperidine rings is 1. The Hall–Kier alpha value is -1.36. The van der Waals surface area contributed by atoms with Crippen LogP contribution in [0.2, 0.25) is 0 Å². The van der Waals surface area contributed by atoms with Gasteiger partial charge in [0.05, 0.1) is 0 Å². The van der Waals surface area contributed by atoms with Gasteiger partial charge in [-0.25, -0.2) is 0 Å². The van der Waals surface area contributed by atoms with Crippen LogP contribution in [0.25, 0.3) is 0 Å². The number of H-pyrrole nitrogens is 1. The van der Waals surface area contributed by atoms with Crippen LogP contribution in [0.15, 0.2) is 12.3 Å². The number of carbonyl (C=O) groups is 1. The van der Waals surface area contributed by atoms with Crippen molar-refractivity contribution < 1.29 is 4.79 Å². The summed E-state index contributed by atoms with van der Waals surface area (Å²) < 4.78 is 0. The first kappa shape index (κ1) is 12.1. The van der Waals surface area contributed by atoms with E-state index in [9.17, 15) is 4.79 Å². The van der Waals surface area contributed by atoms with Crippen LogP contribution in [0.4, 0.5) is 0 Å². The maximum Gasteiger partial charge on any atom is 0.269 e. The van der Waals surface area contributed by atoms with E-state index in [1.807, 2.05) is 0 Å². The first-order chi connectivity index (χ1) is 8.25. The standard InChI is InChI=1S/C12H20N4O/c1-10-3-2-7-16(9-10)8-6-13-12(17)11-4-5-14-15-11/h4-5,10H,2-3,6-9H2,1H3,(H,13,17)(H,14,15). The molecule has 1 aromatic heterocycles. The monoisotopic (exact) mass is 236 g/mol. The summed E-state index contributed by atoms with van der Waals surface area (Å²) in [4.78, 5) is 14.0. The molecule has 94 valence electrons. The van der Waals surface area contributed by atoms with Gasteiger partial charge in [-0.05, 0) is 31.4 Å². The minimum Gasteiger partial charge on any atom is -0.349 e. The van der Waals surface area contributed by atoms with E-state index in [0.29, 0.717) is 12.2 Å². The number of rotatable bonds is 4. The Morgan fingerprint density at radius 1 is 1.71 bits per heavy atom. The molecule has 5 heteroatoms. The van der Waals surface area contributed by atoms with Gasteiger partial charge in [0.25, 0.3) is 5.91 Å². The normalized spacial score (nSPS) is 21.4. The summed E-state index contributed by atoms with van der Waals surface area (Å²) in [6.07, 6.45) is 4.19. The molecule has 1 fully saturated rings. The summed E-state index contributed by atoms with van der Waals surface area (Å²) in [5, 5.41) is 9.31. The summed E-state index contributed by atoms with van der Waals surface area (Å²) >= 11 is 0. The molecule has 0 aromatic carbocycles. The maximum atomic E-state index is 11.6. The van der Waals surface area contributed by atoms with E-state index in [1.54, 1.807) is 12.3 Å². The summed E-state index contributed by atoms with van der Waals surface area (Å²) in [5.41, 5.74) is 0.525. The van der Waals surface area contributed by atoms with Crippen LogP contribution >= 0.6 is 0 Å². The third kappa shape index (κ3) is 3.56. The third-order valence-electron chi connectivity index (χ3n) is 3.20. The van der Waals surface area contributed by atoms with Crippen LogP contribution < -0.4 is 5.32 Å². The number of likely N-dealkylation sites (tertiary alicyclic amines) is 1. The van der Waals surface area contributed by atoms with Crippen molar-refractivity contribution in [1.82, 2.24) is 20.4 Å². The van der Waals surface area contributed by atoms with E-state index in [0.717, 1.165) is 25.6 Å². The van der Waals surface area contributed by atoms with Crippen molar-refractivity contribution >= 4 is 5.91 Å². The zero-order valence-electron chi connectivity index (χ0n) is 10.3. The minimum absolute atomic E-state index is 0.0763. The van der Waals surface area contributed by atoms with Gasteiger partial charge in [0.2, 0.25) is 0 Å². The van der Waals surface area contributed by atoms with Gasteiger partial charge in [0.15, 0.2) is 0 Å². The summed E-state index contributed by atoms with van der Waals surface area (Å²) in [6.45, 7) is 6.23. The number of nitrogens with one attached hydrogen (secondary N) is 2.